The predicted molar refractivity (Wildman–Crippen MR) is 96.1 cm³/mol. The highest BCUT2D eigenvalue weighted by Crippen LogP contribution is 2.30. The summed E-state index contributed by atoms with van der Waals surface area (Å²) >= 11 is 0.751. The molecule has 1 N–H and O–H groups in total. The second-order valence-electron chi connectivity index (χ2n) is 5.68. The van der Waals surface area contributed by atoms with Gasteiger partial charge < -0.3 is 9.47 Å². The van der Waals surface area contributed by atoms with Crippen molar-refractivity contribution in [1.29, 1.82) is 0 Å². The van der Waals surface area contributed by atoms with E-state index in [2.05, 4.69) is 10.3 Å². The molecule has 0 unspecified atom stereocenters. The minimum atomic E-state index is -1.64. The third-order valence-corrected chi connectivity index (χ3v) is 4.59. The van der Waals surface area contributed by atoms with Gasteiger partial charge in [0.25, 0.3) is 5.91 Å². The van der Waals surface area contributed by atoms with E-state index in [-0.39, 0.29) is 15.4 Å². The van der Waals surface area contributed by atoms with E-state index in [0.717, 1.165) is 23.0 Å². The molecule has 0 aliphatic rings. The zero-order chi connectivity index (χ0) is 20.4. The van der Waals surface area contributed by atoms with Crippen molar-refractivity contribution in [3.8, 4) is 5.75 Å². The molecule has 3 rings (SSSR count). The number of nitrogens with one attached hydrogen (secondary N) is 1. The molecule has 0 fully saturated rings. The van der Waals surface area contributed by atoms with E-state index in [4.69, 9.17) is 9.47 Å². The Balaban J connectivity index is 1.68. The molecular weight excluding hydrogens is 397 g/mol. The molecule has 0 radical (unpaired) electrons. The summed E-state index contributed by atoms with van der Waals surface area (Å²) in [5.74, 6) is -5.66. The Hall–Kier alpha value is -3.14. The molecular formula is C18H13F3N2O4S. The number of fused-ring (bicyclic) bond motifs is 1. The quantitative estimate of drug-likeness (QED) is 0.511. The Morgan fingerprint density at radius 3 is 2.64 bits per heavy atom. The zero-order valence-electron chi connectivity index (χ0n) is 14.6. The molecule has 0 saturated carbocycles. The van der Waals surface area contributed by atoms with Crippen molar-refractivity contribution in [2.45, 2.75) is 6.92 Å². The van der Waals surface area contributed by atoms with Gasteiger partial charge in [-0.25, -0.2) is 22.9 Å². The van der Waals surface area contributed by atoms with Gasteiger partial charge in [0.15, 0.2) is 29.2 Å². The fourth-order valence-electron chi connectivity index (χ4n) is 2.37. The highest BCUT2D eigenvalue weighted by molar-refractivity contribution is 7.22. The SMILES string of the molecule is COc1ccc(C)cc1C(=O)OCC(=O)Nc1nc2c(F)c(F)c(F)cc2s1. The number of aryl methyl sites for hydroxylation is 1. The average molecular weight is 410 g/mol. The van der Waals surface area contributed by atoms with E-state index >= 15 is 0 Å². The Kier molecular flexibility index (Phi) is 5.50. The number of hydrogen-bond donors (Lipinski definition) is 1. The van der Waals surface area contributed by atoms with Crippen molar-refractivity contribution >= 4 is 38.6 Å². The smallest absolute Gasteiger partial charge is 0.342 e. The van der Waals surface area contributed by atoms with E-state index in [1.165, 1.54) is 7.11 Å². The third kappa shape index (κ3) is 3.91. The van der Waals surface area contributed by atoms with Crippen LogP contribution >= 0.6 is 11.3 Å². The number of ether oxygens (including phenoxy) is 2. The van der Waals surface area contributed by atoms with Crippen LogP contribution in [-0.4, -0.2) is 30.6 Å². The maximum absolute atomic E-state index is 13.7. The lowest BCUT2D eigenvalue weighted by Gasteiger charge is -2.09. The van der Waals surface area contributed by atoms with Crippen LogP contribution in [0.15, 0.2) is 24.3 Å². The Bertz CT molecular complexity index is 1080. The molecule has 6 nitrogen and oxygen atoms in total. The number of benzene rings is 2. The fourth-order valence-corrected chi connectivity index (χ4v) is 3.28. The van der Waals surface area contributed by atoms with E-state index < -0.39 is 41.5 Å². The number of anilines is 1. The van der Waals surface area contributed by atoms with E-state index in [1.54, 1.807) is 25.1 Å². The maximum Gasteiger partial charge on any atom is 0.342 e. The summed E-state index contributed by atoms with van der Waals surface area (Å²) in [5.41, 5.74) is 0.553. The van der Waals surface area contributed by atoms with Crippen molar-refractivity contribution in [3.05, 3.63) is 52.8 Å². The monoisotopic (exact) mass is 410 g/mol. The van der Waals surface area contributed by atoms with Gasteiger partial charge in [-0.1, -0.05) is 23.0 Å². The summed E-state index contributed by atoms with van der Waals surface area (Å²) in [6.45, 7) is 1.14. The lowest BCUT2D eigenvalue weighted by molar-refractivity contribution is -0.119. The van der Waals surface area contributed by atoms with Crippen LogP contribution in [0.5, 0.6) is 5.75 Å². The third-order valence-electron chi connectivity index (χ3n) is 3.68. The molecule has 28 heavy (non-hydrogen) atoms. The minimum absolute atomic E-state index is 0.0215. The van der Waals surface area contributed by atoms with Gasteiger partial charge in [0.2, 0.25) is 0 Å². The number of amides is 1. The lowest BCUT2D eigenvalue weighted by atomic mass is 10.1. The largest absolute Gasteiger partial charge is 0.496 e. The van der Waals surface area contributed by atoms with Crippen LogP contribution in [0.4, 0.5) is 18.3 Å². The normalized spacial score (nSPS) is 10.8. The summed E-state index contributed by atoms with van der Waals surface area (Å²) < 4.78 is 50.2. The van der Waals surface area contributed by atoms with E-state index in [0.29, 0.717) is 5.75 Å². The van der Waals surface area contributed by atoms with Crippen LogP contribution in [0, 0.1) is 24.4 Å². The molecule has 1 heterocycles. The van der Waals surface area contributed by atoms with Crippen molar-refractivity contribution in [3.63, 3.8) is 0 Å². The van der Waals surface area contributed by atoms with Gasteiger partial charge in [-0.3, -0.25) is 10.1 Å². The number of hydrogen-bond acceptors (Lipinski definition) is 6. The van der Waals surface area contributed by atoms with Crippen molar-refractivity contribution in [2.24, 2.45) is 0 Å². The second kappa shape index (κ2) is 7.85. The first-order valence-corrected chi connectivity index (χ1v) is 8.67. The fraction of sp³-hybridized carbons (Fsp3) is 0.167. The number of nitrogens with zero attached hydrogens (tertiary/aromatic N) is 1. The number of rotatable bonds is 5. The van der Waals surface area contributed by atoms with Crippen LogP contribution in [0.25, 0.3) is 10.2 Å². The molecule has 0 aliphatic heterocycles. The molecule has 1 amide bonds. The molecule has 0 atom stereocenters. The second-order valence-corrected chi connectivity index (χ2v) is 6.71. The summed E-state index contributed by atoms with van der Waals surface area (Å²) in [7, 11) is 1.39. The van der Waals surface area contributed by atoms with Gasteiger partial charge in [-0.05, 0) is 25.1 Å². The first-order chi connectivity index (χ1) is 13.3. The highest BCUT2D eigenvalue weighted by Gasteiger charge is 2.19. The number of methoxy groups -OCH3 is 1. The van der Waals surface area contributed by atoms with Crippen LogP contribution in [0.2, 0.25) is 0 Å². The highest BCUT2D eigenvalue weighted by atomic mass is 32.1. The number of aromatic nitrogens is 1. The van der Waals surface area contributed by atoms with Crippen molar-refractivity contribution in [1.82, 2.24) is 4.98 Å². The molecule has 10 heteroatoms. The van der Waals surface area contributed by atoms with Gasteiger partial charge in [-0.2, -0.15) is 0 Å². The summed E-state index contributed by atoms with van der Waals surface area (Å²) in [4.78, 5) is 27.9. The van der Waals surface area contributed by atoms with Gasteiger partial charge in [-0.15, -0.1) is 0 Å². The number of carbonyl (C=O) groups is 2. The zero-order valence-corrected chi connectivity index (χ0v) is 15.5. The summed E-state index contributed by atoms with van der Waals surface area (Å²) in [5, 5.41) is 2.20. The molecule has 0 aliphatic carbocycles. The van der Waals surface area contributed by atoms with Gasteiger partial charge in [0, 0.05) is 0 Å². The Labute approximate surface area is 160 Å². The maximum atomic E-state index is 13.7. The van der Waals surface area contributed by atoms with E-state index in [1.807, 2.05) is 0 Å². The van der Waals surface area contributed by atoms with Crippen molar-refractivity contribution in [2.75, 3.05) is 19.0 Å². The number of thiazole rings is 1. The first kappa shape index (κ1) is 19.6. The molecule has 3 aromatic rings. The molecule has 2 aromatic carbocycles. The number of halogens is 3. The van der Waals surface area contributed by atoms with Crippen molar-refractivity contribution < 1.29 is 32.2 Å². The van der Waals surface area contributed by atoms with Crippen LogP contribution in [0.3, 0.4) is 0 Å². The molecule has 1 aromatic heterocycles. The number of esters is 1. The first-order valence-electron chi connectivity index (χ1n) is 7.85. The van der Waals surface area contributed by atoms with Crippen LogP contribution in [-0.2, 0) is 9.53 Å². The number of carbonyl (C=O) groups excluding carboxylic acids is 2. The van der Waals surface area contributed by atoms with Gasteiger partial charge in [0.1, 0.15) is 16.8 Å². The van der Waals surface area contributed by atoms with Gasteiger partial charge >= 0.3 is 5.97 Å². The predicted octanol–water partition coefficient (Wildman–Crippen LogP) is 3.83. The molecule has 0 bridgehead atoms. The minimum Gasteiger partial charge on any atom is -0.496 e. The lowest BCUT2D eigenvalue weighted by Crippen LogP contribution is -2.21. The Morgan fingerprint density at radius 2 is 1.93 bits per heavy atom. The molecule has 146 valence electrons. The van der Waals surface area contributed by atoms with Gasteiger partial charge in [0.05, 0.1) is 11.8 Å². The average Bonchev–Trinajstić information content (AvgIpc) is 3.06. The standard InChI is InChI=1S/C18H13F3N2O4S/c1-8-3-4-11(26-2)9(5-8)17(25)27-7-13(24)22-18-23-16-12(28-18)6-10(19)14(20)15(16)21/h3-6H,7H2,1-2H3,(H,22,23,24). The van der Waals surface area contributed by atoms with Crippen LogP contribution < -0.4 is 10.1 Å². The molecule has 0 spiro atoms. The van der Waals surface area contributed by atoms with Crippen LogP contribution in [0.1, 0.15) is 15.9 Å². The topological polar surface area (TPSA) is 77.5 Å². The molecule has 0 saturated heterocycles. The summed E-state index contributed by atoms with van der Waals surface area (Å²) in [6.07, 6.45) is 0. The van der Waals surface area contributed by atoms with E-state index in [9.17, 15) is 22.8 Å². The Morgan fingerprint density at radius 1 is 1.18 bits per heavy atom. The summed E-state index contributed by atoms with van der Waals surface area (Å²) in [6, 6.07) is 5.68.